The Balaban J connectivity index is 1.39. The minimum atomic E-state index is -1.88. The Hall–Kier alpha value is -6.19. The Morgan fingerprint density at radius 1 is 0.698 bits per heavy atom. The molecule has 0 amide bonds. The summed E-state index contributed by atoms with van der Waals surface area (Å²) in [4.78, 5) is 52.8. The molecule has 0 spiro atoms. The van der Waals surface area contributed by atoms with E-state index < -0.39 is 82.8 Å². The number of carbonyl (C=O) groups excluding carboxylic acids is 3. The average Bonchev–Trinajstić information content (AvgIpc) is 3.51. The van der Waals surface area contributed by atoms with Crippen LogP contribution in [0.3, 0.4) is 0 Å². The molecule has 1 saturated heterocycles. The summed E-state index contributed by atoms with van der Waals surface area (Å²) in [6.07, 6.45) is -6.67. The maximum atomic E-state index is 16.0. The van der Waals surface area contributed by atoms with Crippen molar-refractivity contribution in [1.29, 1.82) is 0 Å². The number of nitrogens with zero attached hydrogens (tertiary/aromatic N) is 2. The van der Waals surface area contributed by atoms with E-state index in [9.17, 15) is 28.9 Å². The fraction of sp³-hybridized carbons (Fsp3) is 0.132. The lowest BCUT2D eigenvalue weighted by Gasteiger charge is -2.38. The number of rotatable bonds is 9. The van der Waals surface area contributed by atoms with Gasteiger partial charge in [-0.1, -0.05) is 72.4 Å². The monoisotopic (exact) mass is 742 g/mol. The van der Waals surface area contributed by atoms with E-state index in [1.807, 2.05) is 0 Å². The summed E-state index contributed by atoms with van der Waals surface area (Å²) in [5, 5.41) is 12.4. The molecule has 0 unspecified atom stereocenters. The third-order valence-electron chi connectivity index (χ3n) is 8.41. The Kier molecular flexibility index (Phi) is 9.84. The Labute approximate surface area is 303 Å². The number of carbonyl (C=O) groups is 3. The van der Waals surface area contributed by atoms with Crippen molar-refractivity contribution < 1.29 is 51.4 Å². The predicted octanol–water partition coefficient (Wildman–Crippen LogP) is 7.65. The molecule has 0 N–H and O–H groups in total. The molecule has 2 aliphatic heterocycles. The molecule has 1 fully saturated rings. The van der Waals surface area contributed by atoms with Gasteiger partial charge in [0, 0.05) is 15.9 Å². The van der Waals surface area contributed by atoms with Crippen LogP contribution in [0, 0.1) is 27.6 Å². The van der Waals surface area contributed by atoms with Gasteiger partial charge in [-0.25, -0.2) is 27.6 Å². The maximum Gasteiger partial charge on any atom is 0.338 e. The van der Waals surface area contributed by atoms with Gasteiger partial charge in [-0.05, 0) is 48.5 Å². The van der Waals surface area contributed by atoms with E-state index in [0.29, 0.717) is 0 Å². The lowest BCUT2D eigenvalue weighted by Crippen LogP contribution is -2.47. The summed E-state index contributed by atoms with van der Waals surface area (Å²) in [5.74, 6) is -7.81. The van der Waals surface area contributed by atoms with Gasteiger partial charge in [-0.15, -0.1) is 0 Å². The van der Waals surface area contributed by atoms with Crippen LogP contribution >= 0.6 is 11.8 Å². The molecule has 0 bridgehead atoms. The van der Waals surface area contributed by atoms with Crippen molar-refractivity contribution in [1.82, 2.24) is 0 Å². The van der Waals surface area contributed by atoms with E-state index >= 15 is 8.78 Å². The largest absolute Gasteiger partial charge is 0.459 e. The molecule has 0 saturated carbocycles. The van der Waals surface area contributed by atoms with Crippen LogP contribution in [-0.2, 0) is 18.9 Å². The number of benzene rings is 5. The average molecular weight is 743 g/mol. The van der Waals surface area contributed by atoms with Gasteiger partial charge < -0.3 is 23.8 Å². The summed E-state index contributed by atoms with van der Waals surface area (Å²) in [5.41, 5.74) is -1.28. The molecular formula is C38H25F3N2O9S. The normalized spacial score (nSPS) is 18.7. The molecule has 7 rings (SSSR count). The zero-order valence-electron chi connectivity index (χ0n) is 27.1. The van der Waals surface area contributed by atoms with Gasteiger partial charge in [0.15, 0.2) is 35.9 Å². The van der Waals surface area contributed by atoms with E-state index in [4.69, 9.17) is 18.9 Å². The van der Waals surface area contributed by atoms with Gasteiger partial charge in [-0.3, -0.25) is 10.1 Å². The van der Waals surface area contributed by atoms with Gasteiger partial charge in [0.25, 0.3) is 5.69 Å². The van der Waals surface area contributed by atoms with Gasteiger partial charge in [-0.2, -0.15) is 0 Å². The quantitative estimate of drug-likeness (QED) is 0.0485. The third-order valence-corrected chi connectivity index (χ3v) is 9.49. The van der Waals surface area contributed by atoms with Crippen LogP contribution < -0.4 is 4.90 Å². The SMILES string of the molecule is O=C(OC[C@H]1O[C@@H](N2c3c(cccc3[N+](=O)[O-])Sc3cc(F)c(F)c(F)c32)[C@H](OC(=O)c2ccccc2)[C@@H]1OC(=O)c1ccccc1)c1ccccc1. The minimum Gasteiger partial charge on any atom is -0.459 e. The molecule has 0 aliphatic carbocycles. The summed E-state index contributed by atoms with van der Waals surface area (Å²) in [6.45, 7) is -0.629. The number of halogens is 3. The van der Waals surface area contributed by atoms with Gasteiger partial charge >= 0.3 is 17.9 Å². The van der Waals surface area contributed by atoms with Crippen molar-refractivity contribution >= 4 is 46.7 Å². The predicted molar refractivity (Wildman–Crippen MR) is 182 cm³/mol. The Morgan fingerprint density at radius 2 is 1.25 bits per heavy atom. The molecule has 5 aromatic rings. The number of ether oxygens (including phenoxy) is 4. The highest BCUT2D eigenvalue weighted by atomic mass is 32.2. The highest BCUT2D eigenvalue weighted by molar-refractivity contribution is 7.99. The molecule has 5 aromatic carbocycles. The maximum absolute atomic E-state index is 16.0. The molecule has 4 atom stereocenters. The van der Waals surface area contributed by atoms with Crippen molar-refractivity contribution in [2.24, 2.45) is 0 Å². The fourth-order valence-electron chi connectivity index (χ4n) is 6.00. The molecule has 53 heavy (non-hydrogen) atoms. The van der Waals surface area contributed by atoms with Crippen molar-refractivity contribution in [2.45, 2.75) is 34.3 Å². The second-order valence-electron chi connectivity index (χ2n) is 11.7. The molecular weight excluding hydrogens is 717 g/mol. The van der Waals surface area contributed by atoms with Crippen LogP contribution in [0.25, 0.3) is 0 Å². The molecule has 11 nitrogen and oxygen atoms in total. The molecule has 268 valence electrons. The smallest absolute Gasteiger partial charge is 0.338 e. The van der Waals surface area contributed by atoms with E-state index in [2.05, 4.69) is 0 Å². The Morgan fingerprint density at radius 3 is 1.81 bits per heavy atom. The zero-order chi connectivity index (χ0) is 37.2. The standard InChI is InChI=1S/C38H25F3N2O9S/c39-24-19-28-32(30(41)29(24)40)42(31-25(43(47)48)17-10-18-27(31)53-28)35-34(52-38(46)23-15-8-3-9-16-23)33(51-37(45)22-13-6-2-7-14-22)26(50-35)20-49-36(44)21-11-4-1-5-12-21/h1-19,26,33-35H,20H2/t26-,33-,34-,35-/m1/s1. The van der Waals surface area contributed by atoms with Crippen LogP contribution in [-0.4, -0.2) is 54.0 Å². The molecule has 15 heteroatoms. The summed E-state index contributed by atoms with van der Waals surface area (Å²) in [6, 6.07) is 27.9. The van der Waals surface area contributed by atoms with E-state index in [1.54, 1.807) is 54.6 Å². The van der Waals surface area contributed by atoms with Gasteiger partial charge in [0.2, 0.25) is 0 Å². The lowest BCUT2D eigenvalue weighted by molar-refractivity contribution is -0.384. The van der Waals surface area contributed by atoms with Crippen molar-refractivity contribution in [3.8, 4) is 0 Å². The lowest BCUT2D eigenvalue weighted by atomic mass is 10.1. The van der Waals surface area contributed by atoms with Crippen molar-refractivity contribution in [3.05, 3.63) is 160 Å². The highest BCUT2D eigenvalue weighted by Gasteiger charge is 2.55. The van der Waals surface area contributed by atoms with E-state index in [0.717, 1.165) is 28.8 Å². The number of hydrogen-bond donors (Lipinski definition) is 0. The fourth-order valence-corrected chi connectivity index (χ4v) is 7.13. The Bertz CT molecular complexity index is 2210. The number of nitro groups is 1. The number of fused-ring (bicyclic) bond motifs is 2. The highest BCUT2D eigenvalue weighted by Crippen LogP contribution is 2.55. The second kappa shape index (κ2) is 14.8. The van der Waals surface area contributed by atoms with E-state index in [1.165, 1.54) is 48.5 Å². The third kappa shape index (κ3) is 6.91. The second-order valence-corrected chi connectivity index (χ2v) is 12.8. The van der Waals surface area contributed by atoms with Gasteiger partial charge in [0.1, 0.15) is 18.4 Å². The van der Waals surface area contributed by atoms with Crippen LogP contribution in [0.4, 0.5) is 30.2 Å². The first-order valence-corrected chi connectivity index (χ1v) is 16.8. The summed E-state index contributed by atoms with van der Waals surface area (Å²) in [7, 11) is 0. The minimum absolute atomic E-state index is 0.0404. The number of anilines is 2. The zero-order valence-corrected chi connectivity index (χ0v) is 27.9. The first kappa shape index (κ1) is 35.2. The number of para-hydroxylation sites is 1. The van der Waals surface area contributed by atoms with Gasteiger partial charge in [0.05, 0.1) is 27.3 Å². The number of hydrogen-bond acceptors (Lipinski definition) is 11. The topological polar surface area (TPSA) is 135 Å². The van der Waals surface area contributed by atoms with Crippen LogP contribution in [0.15, 0.2) is 125 Å². The molecule has 2 aliphatic rings. The number of nitro benzene ring substituents is 1. The number of esters is 3. The summed E-state index contributed by atoms with van der Waals surface area (Å²) >= 11 is 0.736. The first-order valence-electron chi connectivity index (χ1n) is 15.9. The van der Waals surface area contributed by atoms with Crippen LogP contribution in [0.1, 0.15) is 31.1 Å². The van der Waals surface area contributed by atoms with Crippen LogP contribution in [0.2, 0.25) is 0 Å². The van der Waals surface area contributed by atoms with Crippen molar-refractivity contribution in [3.63, 3.8) is 0 Å². The molecule has 2 heterocycles. The van der Waals surface area contributed by atoms with Crippen LogP contribution in [0.5, 0.6) is 0 Å². The van der Waals surface area contributed by atoms with Crippen molar-refractivity contribution in [2.75, 3.05) is 11.5 Å². The molecule has 0 radical (unpaired) electrons. The summed E-state index contributed by atoms with van der Waals surface area (Å²) < 4.78 is 69.5. The first-order chi connectivity index (χ1) is 25.6. The van der Waals surface area contributed by atoms with E-state index in [-0.39, 0.29) is 32.2 Å². The molecule has 0 aromatic heterocycles.